The number of carbonyl (C=O) groups is 2. The molecule has 3 aromatic carbocycles. The lowest BCUT2D eigenvalue weighted by molar-refractivity contribution is -0.123. The van der Waals surface area contributed by atoms with Crippen LogP contribution in [0, 0.1) is 0 Å². The monoisotopic (exact) mass is 602 g/mol. The van der Waals surface area contributed by atoms with E-state index < -0.39 is 36.9 Å². The van der Waals surface area contributed by atoms with E-state index >= 15 is 8.78 Å². The number of nitrogens with one attached hydrogen (secondary N) is 2. The zero-order valence-corrected chi connectivity index (χ0v) is 24.7. The molecule has 2 amide bonds. The average Bonchev–Trinajstić information content (AvgIpc) is 2.99. The van der Waals surface area contributed by atoms with Gasteiger partial charge in [0.05, 0.1) is 13.2 Å². The van der Waals surface area contributed by atoms with Crippen molar-refractivity contribution in [1.82, 2.24) is 10.6 Å². The molecule has 0 radical (unpaired) electrons. The fourth-order valence-corrected chi connectivity index (χ4v) is 5.71. The van der Waals surface area contributed by atoms with E-state index in [4.69, 9.17) is 13.8 Å². The summed E-state index contributed by atoms with van der Waals surface area (Å²) in [7, 11) is -4.76. The lowest BCUT2D eigenvalue weighted by atomic mass is 10.0. The molecule has 0 saturated carbocycles. The number of hydrogen-bond donors (Lipinski definition) is 2. The molecular formula is C31H37F2N2O6P. The molecule has 0 aliphatic rings. The van der Waals surface area contributed by atoms with Crippen molar-refractivity contribution in [3.63, 3.8) is 0 Å². The van der Waals surface area contributed by atoms with Crippen LogP contribution in [0.3, 0.4) is 0 Å². The van der Waals surface area contributed by atoms with Gasteiger partial charge in [0.1, 0.15) is 12.6 Å². The number of hydrogen-bond acceptors (Lipinski definition) is 6. The Bertz CT molecular complexity index is 1300. The van der Waals surface area contributed by atoms with Crippen LogP contribution in [-0.4, -0.2) is 37.8 Å². The Balaban J connectivity index is 1.69. The summed E-state index contributed by atoms with van der Waals surface area (Å²) < 4.78 is 58.1. The molecule has 1 atom stereocenters. The second kappa shape index (κ2) is 16.2. The van der Waals surface area contributed by atoms with Crippen molar-refractivity contribution >= 4 is 19.6 Å². The van der Waals surface area contributed by atoms with E-state index in [0.29, 0.717) is 18.5 Å². The van der Waals surface area contributed by atoms with Gasteiger partial charge >= 0.3 is 19.4 Å². The van der Waals surface area contributed by atoms with Crippen LogP contribution in [0.1, 0.15) is 42.5 Å². The first-order chi connectivity index (χ1) is 20.2. The molecule has 226 valence electrons. The third-order valence-corrected chi connectivity index (χ3v) is 8.43. The van der Waals surface area contributed by atoms with Gasteiger partial charge in [0.2, 0.25) is 5.91 Å². The van der Waals surface area contributed by atoms with Gasteiger partial charge in [-0.25, -0.2) is 4.79 Å². The molecule has 0 unspecified atom stereocenters. The van der Waals surface area contributed by atoms with Crippen LogP contribution in [0.5, 0.6) is 0 Å². The van der Waals surface area contributed by atoms with E-state index in [0.717, 1.165) is 29.7 Å². The van der Waals surface area contributed by atoms with Gasteiger partial charge in [-0.15, -0.1) is 0 Å². The topological polar surface area (TPSA) is 103 Å². The Morgan fingerprint density at radius 1 is 0.833 bits per heavy atom. The molecule has 8 nitrogen and oxygen atoms in total. The third-order valence-electron chi connectivity index (χ3n) is 6.29. The Labute approximate surface area is 245 Å². The predicted octanol–water partition coefficient (Wildman–Crippen LogP) is 6.59. The molecule has 0 aliphatic carbocycles. The highest BCUT2D eigenvalue weighted by Gasteiger charge is 2.54. The summed E-state index contributed by atoms with van der Waals surface area (Å²) in [6.45, 7) is 2.88. The van der Waals surface area contributed by atoms with Crippen molar-refractivity contribution in [2.75, 3.05) is 19.8 Å². The van der Waals surface area contributed by atoms with E-state index in [2.05, 4.69) is 10.6 Å². The second-order valence-electron chi connectivity index (χ2n) is 9.41. The molecule has 11 heteroatoms. The number of amides is 2. The van der Waals surface area contributed by atoms with Gasteiger partial charge < -0.3 is 24.4 Å². The van der Waals surface area contributed by atoms with Gasteiger partial charge in [-0.2, -0.15) is 8.78 Å². The summed E-state index contributed by atoms with van der Waals surface area (Å²) in [4.78, 5) is 25.7. The van der Waals surface area contributed by atoms with Crippen LogP contribution < -0.4 is 10.6 Å². The number of rotatable bonds is 16. The number of carbonyl (C=O) groups excluding carboxylic acids is 2. The molecule has 0 spiro atoms. The fraction of sp³-hybridized carbons (Fsp3) is 0.355. The SMILES string of the molecule is CCOP(=O)(OCC)C(F)(F)c1ccc(C[C@H](NC(=O)OCc2ccccc2)C(=O)NCCCc2ccccc2)cc1. The summed E-state index contributed by atoms with van der Waals surface area (Å²) in [6, 6.07) is 22.9. The first kappa shape index (κ1) is 32.9. The van der Waals surface area contributed by atoms with Crippen LogP contribution >= 0.6 is 7.60 Å². The molecule has 3 aromatic rings. The van der Waals surface area contributed by atoms with Gasteiger partial charge in [-0.1, -0.05) is 84.9 Å². The molecule has 0 aromatic heterocycles. The maximum Gasteiger partial charge on any atom is 0.408 e. The van der Waals surface area contributed by atoms with Crippen molar-refractivity contribution in [3.8, 4) is 0 Å². The largest absolute Gasteiger partial charge is 0.445 e. The van der Waals surface area contributed by atoms with Crippen molar-refractivity contribution in [3.05, 3.63) is 107 Å². The number of alkyl halides is 2. The quantitative estimate of drug-likeness (QED) is 0.142. The van der Waals surface area contributed by atoms with E-state index in [1.165, 1.54) is 26.0 Å². The number of benzene rings is 3. The first-order valence-corrected chi connectivity index (χ1v) is 15.4. The number of aryl methyl sites for hydroxylation is 1. The van der Waals surface area contributed by atoms with Crippen LogP contribution in [0.4, 0.5) is 13.6 Å². The molecule has 0 aliphatic heterocycles. The maximum absolute atomic E-state index is 15.1. The first-order valence-electron chi connectivity index (χ1n) is 13.8. The van der Waals surface area contributed by atoms with Gasteiger partial charge in [0.15, 0.2) is 0 Å². The van der Waals surface area contributed by atoms with Gasteiger partial charge in [0, 0.05) is 18.5 Å². The Morgan fingerprint density at radius 3 is 1.98 bits per heavy atom. The number of alkyl carbamates (subject to hydrolysis) is 1. The van der Waals surface area contributed by atoms with Crippen molar-refractivity contribution in [2.45, 2.75) is 51.4 Å². The minimum atomic E-state index is -4.76. The molecule has 2 N–H and O–H groups in total. The molecular weight excluding hydrogens is 565 g/mol. The van der Waals surface area contributed by atoms with Crippen molar-refractivity contribution in [2.24, 2.45) is 0 Å². The molecule has 0 fully saturated rings. The van der Waals surface area contributed by atoms with Crippen LogP contribution in [0.2, 0.25) is 0 Å². The molecule has 0 heterocycles. The molecule has 3 rings (SSSR count). The predicted molar refractivity (Wildman–Crippen MR) is 156 cm³/mol. The van der Waals surface area contributed by atoms with Crippen LogP contribution in [-0.2, 0) is 48.3 Å². The smallest absolute Gasteiger partial charge is 0.408 e. The fourth-order valence-electron chi connectivity index (χ4n) is 4.16. The molecule has 0 bridgehead atoms. The highest BCUT2D eigenvalue weighted by Crippen LogP contribution is 2.66. The van der Waals surface area contributed by atoms with E-state index in [1.54, 1.807) is 12.1 Å². The molecule has 0 saturated heterocycles. The van der Waals surface area contributed by atoms with Crippen molar-refractivity contribution < 1.29 is 36.7 Å². The zero-order chi connectivity index (χ0) is 30.4. The normalized spacial score (nSPS) is 12.4. The average molecular weight is 603 g/mol. The lowest BCUT2D eigenvalue weighted by Gasteiger charge is -2.26. The van der Waals surface area contributed by atoms with Crippen molar-refractivity contribution in [1.29, 1.82) is 0 Å². The lowest BCUT2D eigenvalue weighted by Crippen LogP contribution is -2.48. The summed E-state index contributed by atoms with van der Waals surface area (Å²) in [5.74, 6) is -0.439. The van der Waals surface area contributed by atoms with Gasteiger partial charge in [0.25, 0.3) is 0 Å². The Kier molecular flexibility index (Phi) is 12.7. The minimum absolute atomic E-state index is 0.00534. The third kappa shape index (κ3) is 9.48. The number of halogens is 2. The Hall–Kier alpha value is -3.59. The van der Waals surface area contributed by atoms with E-state index in [9.17, 15) is 14.2 Å². The zero-order valence-electron chi connectivity index (χ0n) is 23.8. The summed E-state index contributed by atoms with van der Waals surface area (Å²) >= 11 is 0. The van der Waals surface area contributed by atoms with Crippen LogP contribution in [0.15, 0.2) is 84.9 Å². The highest BCUT2D eigenvalue weighted by molar-refractivity contribution is 7.54. The number of ether oxygens (including phenoxy) is 1. The van der Waals surface area contributed by atoms with Crippen LogP contribution in [0.25, 0.3) is 0 Å². The maximum atomic E-state index is 15.1. The Morgan fingerprint density at radius 2 is 1.40 bits per heavy atom. The molecule has 42 heavy (non-hydrogen) atoms. The highest BCUT2D eigenvalue weighted by atomic mass is 31.2. The van der Waals surface area contributed by atoms with E-state index in [-0.39, 0.29) is 26.2 Å². The summed E-state index contributed by atoms with van der Waals surface area (Å²) in [5, 5.41) is 5.43. The second-order valence-corrected chi connectivity index (χ2v) is 11.5. The minimum Gasteiger partial charge on any atom is -0.445 e. The standard InChI is InChI=1S/C31H37F2N2O6P/c1-3-40-42(38,41-4-2)31(32,33)27-19-17-25(18-20-27)22-28(35-30(37)39-23-26-14-9-6-10-15-26)29(36)34-21-11-16-24-12-7-5-8-13-24/h5-10,12-15,17-20,28H,3-4,11,16,21-23H2,1-2H3,(H,34,36)(H,35,37)/t28-/m0/s1. The summed E-state index contributed by atoms with van der Waals surface area (Å²) in [5.41, 5.74) is -2.02. The van der Waals surface area contributed by atoms with Gasteiger partial charge in [-0.05, 0) is 43.4 Å². The summed E-state index contributed by atoms with van der Waals surface area (Å²) in [6.07, 6.45) is 0.665. The van der Waals surface area contributed by atoms with Gasteiger partial charge in [-0.3, -0.25) is 9.36 Å². The van der Waals surface area contributed by atoms with E-state index in [1.807, 2.05) is 48.5 Å².